The molecule has 0 fully saturated rings. The molecule has 0 radical (unpaired) electrons. The van der Waals surface area contributed by atoms with Crippen molar-refractivity contribution in [2.24, 2.45) is 0 Å². The largest absolute Gasteiger partial charge is 0.496 e. The van der Waals surface area contributed by atoms with Gasteiger partial charge in [-0.25, -0.2) is 0 Å². The van der Waals surface area contributed by atoms with Crippen molar-refractivity contribution < 1.29 is 18.3 Å². The average Bonchev–Trinajstić information content (AvgIpc) is 2.28. The van der Waals surface area contributed by atoms with E-state index in [-0.39, 0.29) is 17.6 Å². The average molecular weight is 214 g/mol. The summed E-state index contributed by atoms with van der Waals surface area (Å²) in [5.74, 6) is -3.46. The Morgan fingerprint density at radius 1 is 1.47 bits per heavy atom. The molecule has 0 aliphatic rings. The molecule has 2 nitrogen and oxygen atoms in total. The summed E-state index contributed by atoms with van der Waals surface area (Å²) in [5.41, 5.74) is 0.367. The maximum Gasteiger partial charge on any atom is 0.331 e. The van der Waals surface area contributed by atoms with E-state index >= 15 is 0 Å². The molecule has 4 heteroatoms. The van der Waals surface area contributed by atoms with Crippen LogP contribution in [0.15, 0.2) is 18.2 Å². The maximum atomic E-state index is 13.2. The Hall–Kier alpha value is -1.45. The quantitative estimate of drug-likeness (QED) is 0.720. The highest BCUT2D eigenvalue weighted by atomic mass is 19.3. The van der Waals surface area contributed by atoms with Crippen LogP contribution >= 0.6 is 0 Å². The number of alkyl halides is 2. The van der Waals surface area contributed by atoms with Crippen molar-refractivity contribution in [2.75, 3.05) is 7.11 Å². The van der Waals surface area contributed by atoms with Gasteiger partial charge >= 0.3 is 5.92 Å². The van der Waals surface area contributed by atoms with Gasteiger partial charge in [-0.15, -0.1) is 0 Å². The van der Waals surface area contributed by atoms with E-state index < -0.39 is 5.92 Å². The van der Waals surface area contributed by atoms with Crippen LogP contribution in [0.3, 0.4) is 0 Å². The summed E-state index contributed by atoms with van der Waals surface area (Å²) in [5, 5.41) is 0. The van der Waals surface area contributed by atoms with Gasteiger partial charge in [0.25, 0.3) is 0 Å². The molecule has 0 saturated carbocycles. The smallest absolute Gasteiger partial charge is 0.331 e. The van der Waals surface area contributed by atoms with Gasteiger partial charge in [-0.1, -0.05) is 13.0 Å². The fourth-order valence-corrected chi connectivity index (χ4v) is 1.30. The number of ether oxygens (including phenoxy) is 1. The third-order valence-corrected chi connectivity index (χ3v) is 2.18. The fraction of sp³-hybridized carbons (Fsp3) is 0.364. The lowest BCUT2D eigenvalue weighted by Crippen LogP contribution is -2.16. The van der Waals surface area contributed by atoms with Gasteiger partial charge < -0.3 is 4.74 Å². The first kappa shape index (κ1) is 11.6. The van der Waals surface area contributed by atoms with E-state index in [1.54, 1.807) is 6.07 Å². The molecule has 0 bridgehead atoms. The molecule has 1 rings (SSSR count). The van der Waals surface area contributed by atoms with Gasteiger partial charge in [0.2, 0.25) is 0 Å². The third-order valence-electron chi connectivity index (χ3n) is 2.18. The SMILES string of the molecule is CCc1ccc(OC)c(C(F)(F)C=O)c1. The zero-order valence-electron chi connectivity index (χ0n) is 8.59. The number of hydrogen-bond donors (Lipinski definition) is 0. The number of methoxy groups -OCH3 is 1. The molecular formula is C11H12F2O2. The van der Waals surface area contributed by atoms with Crippen LogP contribution in [0.1, 0.15) is 18.1 Å². The van der Waals surface area contributed by atoms with E-state index in [4.69, 9.17) is 4.74 Å². The monoisotopic (exact) mass is 214 g/mol. The number of aryl methyl sites for hydroxylation is 1. The second-order valence-corrected chi connectivity index (χ2v) is 3.13. The van der Waals surface area contributed by atoms with Crippen molar-refractivity contribution in [3.05, 3.63) is 29.3 Å². The number of carbonyl (C=O) groups is 1. The minimum absolute atomic E-state index is 0.0318. The summed E-state index contributed by atoms with van der Waals surface area (Å²) in [6, 6.07) is 4.45. The number of rotatable bonds is 4. The maximum absolute atomic E-state index is 13.2. The Morgan fingerprint density at radius 3 is 2.60 bits per heavy atom. The molecule has 0 amide bonds. The molecule has 0 aromatic heterocycles. The Morgan fingerprint density at radius 2 is 2.13 bits per heavy atom. The van der Waals surface area contributed by atoms with Crippen LogP contribution in [0.4, 0.5) is 8.78 Å². The van der Waals surface area contributed by atoms with Gasteiger partial charge in [-0.3, -0.25) is 4.79 Å². The van der Waals surface area contributed by atoms with E-state index in [1.165, 1.54) is 19.2 Å². The number of benzene rings is 1. The van der Waals surface area contributed by atoms with E-state index in [9.17, 15) is 13.6 Å². The summed E-state index contributed by atoms with van der Waals surface area (Å²) in [6.07, 6.45) is 0.260. The molecule has 1 aromatic carbocycles. The number of aldehydes is 1. The van der Waals surface area contributed by atoms with Gasteiger partial charge in [-0.05, 0) is 24.1 Å². The van der Waals surface area contributed by atoms with Crippen molar-refractivity contribution in [1.29, 1.82) is 0 Å². The Kier molecular flexibility index (Phi) is 3.39. The molecule has 0 saturated heterocycles. The predicted octanol–water partition coefficient (Wildman–Crippen LogP) is 2.55. The Balaban J connectivity index is 3.29. The second kappa shape index (κ2) is 4.38. The van der Waals surface area contributed by atoms with Crippen LogP contribution in [0.2, 0.25) is 0 Å². The van der Waals surface area contributed by atoms with E-state index in [0.29, 0.717) is 6.42 Å². The van der Waals surface area contributed by atoms with Crippen LogP contribution in [0.5, 0.6) is 5.75 Å². The van der Waals surface area contributed by atoms with E-state index in [1.807, 2.05) is 6.92 Å². The highest BCUT2D eigenvalue weighted by Crippen LogP contribution is 2.34. The van der Waals surface area contributed by atoms with Crippen molar-refractivity contribution >= 4 is 6.29 Å². The third kappa shape index (κ3) is 2.32. The summed E-state index contributed by atoms with van der Waals surface area (Å²) in [4.78, 5) is 10.3. The lowest BCUT2D eigenvalue weighted by molar-refractivity contribution is -0.130. The van der Waals surface area contributed by atoms with Crippen LogP contribution in [-0.4, -0.2) is 13.4 Å². The molecule has 0 spiro atoms. The van der Waals surface area contributed by atoms with Crippen LogP contribution in [0.25, 0.3) is 0 Å². The summed E-state index contributed by atoms with van der Waals surface area (Å²) in [6.45, 7) is 1.85. The second-order valence-electron chi connectivity index (χ2n) is 3.13. The first-order chi connectivity index (χ1) is 7.05. The zero-order chi connectivity index (χ0) is 11.5. The first-order valence-corrected chi connectivity index (χ1v) is 4.56. The van der Waals surface area contributed by atoms with Crippen molar-refractivity contribution in [2.45, 2.75) is 19.3 Å². The molecule has 0 unspecified atom stereocenters. The molecule has 1 aromatic rings. The van der Waals surface area contributed by atoms with Gasteiger partial charge in [-0.2, -0.15) is 8.78 Å². The molecule has 82 valence electrons. The minimum atomic E-state index is -3.49. The van der Waals surface area contributed by atoms with Crippen LogP contribution in [0, 0.1) is 0 Å². The van der Waals surface area contributed by atoms with Gasteiger partial charge in [0.05, 0.1) is 12.7 Å². The van der Waals surface area contributed by atoms with Gasteiger partial charge in [0, 0.05) is 0 Å². The van der Waals surface area contributed by atoms with Crippen LogP contribution < -0.4 is 4.74 Å². The summed E-state index contributed by atoms with van der Waals surface area (Å²) < 4.78 is 31.2. The number of carbonyl (C=O) groups excluding carboxylic acids is 1. The minimum Gasteiger partial charge on any atom is -0.496 e. The van der Waals surface area contributed by atoms with Gasteiger partial charge in [0.1, 0.15) is 5.75 Å². The lowest BCUT2D eigenvalue weighted by atomic mass is 10.0. The highest BCUT2D eigenvalue weighted by molar-refractivity contribution is 5.66. The summed E-state index contributed by atoms with van der Waals surface area (Å²) in [7, 11) is 1.30. The standard InChI is InChI=1S/C11H12F2O2/c1-3-8-4-5-10(15-2)9(6-8)11(12,13)7-14/h4-7H,3H2,1-2H3. The molecule has 0 aliphatic carbocycles. The molecule has 0 aliphatic heterocycles. The zero-order valence-corrected chi connectivity index (χ0v) is 8.59. The summed E-state index contributed by atoms with van der Waals surface area (Å²) >= 11 is 0. The molecule has 15 heavy (non-hydrogen) atoms. The number of halogens is 2. The predicted molar refractivity (Wildman–Crippen MR) is 52.3 cm³/mol. The lowest BCUT2D eigenvalue weighted by Gasteiger charge is -2.14. The normalized spacial score (nSPS) is 11.2. The van der Waals surface area contributed by atoms with Crippen molar-refractivity contribution in [3.63, 3.8) is 0 Å². The molecule has 0 N–H and O–H groups in total. The van der Waals surface area contributed by atoms with E-state index in [2.05, 4.69) is 0 Å². The number of hydrogen-bond acceptors (Lipinski definition) is 2. The molecular weight excluding hydrogens is 202 g/mol. The topological polar surface area (TPSA) is 26.3 Å². The Bertz CT molecular complexity index is 362. The highest BCUT2D eigenvalue weighted by Gasteiger charge is 2.34. The van der Waals surface area contributed by atoms with Crippen LogP contribution in [-0.2, 0) is 17.1 Å². The first-order valence-electron chi connectivity index (χ1n) is 4.56. The van der Waals surface area contributed by atoms with E-state index in [0.717, 1.165) is 5.56 Å². The van der Waals surface area contributed by atoms with Crippen molar-refractivity contribution in [1.82, 2.24) is 0 Å². The molecule has 0 atom stereocenters. The van der Waals surface area contributed by atoms with Crippen molar-refractivity contribution in [3.8, 4) is 5.75 Å². The van der Waals surface area contributed by atoms with Gasteiger partial charge in [0.15, 0.2) is 6.29 Å². The Labute approximate surface area is 86.9 Å². The fourth-order valence-electron chi connectivity index (χ4n) is 1.30. The molecule has 0 heterocycles.